The van der Waals surface area contributed by atoms with Crippen molar-refractivity contribution in [2.75, 3.05) is 26.4 Å². The molecule has 0 bridgehead atoms. The highest BCUT2D eigenvalue weighted by Gasteiger charge is 2.04. The van der Waals surface area contributed by atoms with Gasteiger partial charge < -0.3 is 15.8 Å². The molecule has 0 fully saturated rings. The van der Waals surface area contributed by atoms with Crippen molar-refractivity contribution >= 4 is 11.5 Å². The van der Waals surface area contributed by atoms with Crippen LogP contribution in [0.25, 0.3) is 0 Å². The highest BCUT2D eigenvalue weighted by atomic mass is 16.5. The third-order valence-corrected chi connectivity index (χ3v) is 3.52. The van der Waals surface area contributed by atoms with E-state index in [0.29, 0.717) is 25.3 Å². The van der Waals surface area contributed by atoms with Crippen molar-refractivity contribution < 1.29 is 4.74 Å². The molecule has 0 saturated carbocycles. The summed E-state index contributed by atoms with van der Waals surface area (Å²) in [5.74, 6) is 7.18. The van der Waals surface area contributed by atoms with Crippen molar-refractivity contribution in [3.05, 3.63) is 65.2 Å². The normalized spacial score (nSPS) is 10.8. The van der Waals surface area contributed by atoms with Gasteiger partial charge in [0.05, 0.1) is 6.61 Å². The van der Waals surface area contributed by atoms with Gasteiger partial charge >= 0.3 is 0 Å². The Labute approximate surface area is 143 Å². The molecule has 3 N–H and O–H groups in total. The summed E-state index contributed by atoms with van der Waals surface area (Å²) in [5, 5.41) is 3.30. The van der Waals surface area contributed by atoms with Crippen LogP contribution < -0.4 is 11.1 Å². The number of rotatable bonds is 5. The molecule has 0 saturated heterocycles. The van der Waals surface area contributed by atoms with Gasteiger partial charge in [-0.1, -0.05) is 42.2 Å². The third kappa shape index (κ3) is 4.87. The molecule has 0 spiro atoms. The number of anilines is 1. The number of nitrogens with two attached hydrogens (primary N) is 1. The fraction of sp³-hybridized carbons (Fsp3) is 0.250. The number of nitrogens with zero attached hydrogens (tertiary/aromatic N) is 1. The van der Waals surface area contributed by atoms with Crippen molar-refractivity contribution in [1.29, 1.82) is 0 Å². The van der Waals surface area contributed by atoms with Crippen molar-refractivity contribution in [2.24, 2.45) is 4.99 Å². The van der Waals surface area contributed by atoms with E-state index in [1.165, 1.54) is 0 Å². The smallest absolute Gasteiger partial charge is 0.130 e. The highest BCUT2D eigenvalue weighted by Crippen LogP contribution is 2.11. The first kappa shape index (κ1) is 17.6. The Hall–Kier alpha value is -2.77. The van der Waals surface area contributed by atoms with E-state index in [-0.39, 0.29) is 0 Å². The predicted molar refractivity (Wildman–Crippen MR) is 100.0 cm³/mol. The Morgan fingerprint density at radius 2 is 1.92 bits per heavy atom. The van der Waals surface area contributed by atoms with Crippen molar-refractivity contribution in [3.63, 3.8) is 0 Å². The minimum atomic E-state index is 0.572. The summed E-state index contributed by atoms with van der Waals surface area (Å²) in [6.07, 6.45) is 0.715. The maximum atomic E-state index is 5.99. The average Bonchev–Trinajstić information content (AvgIpc) is 2.61. The van der Waals surface area contributed by atoms with Gasteiger partial charge in [-0.2, -0.15) is 0 Å². The van der Waals surface area contributed by atoms with E-state index < -0.39 is 0 Å². The Morgan fingerprint density at radius 3 is 2.67 bits per heavy atom. The maximum absolute atomic E-state index is 5.99. The van der Waals surface area contributed by atoms with E-state index in [9.17, 15) is 0 Å². The number of nitrogen functional groups attached to an aromatic ring is 1. The summed E-state index contributed by atoms with van der Waals surface area (Å²) in [5.41, 5.74) is 9.73. The lowest BCUT2D eigenvalue weighted by Gasteiger charge is -2.10. The molecule has 2 aromatic carbocycles. The van der Waals surface area contributed by atoms with Gasteiger partial charge in [0.2, 0.25) is 0 Å². The molecule has 0 aromatic heterocycles. The largest absolute Gasteiger partial charge is 0.398 e. The molecule has 4 heteroatoms. The van der Waals surface area contributed by atoms with Crippen LogP contribution >= 0.6 is 0 Å². The Balaban J connectivity index is 1.93. The summed E-state index contributed by atoms with van der Waals surface area (Å²) < 4.78 is 5.19. The van der Waals surface area contributed by atoms with E-state index in [1.54, 1.807) is 14.2 Å². The minimum absolute atomic E-state index is 0.572. The number of amidine groups is 1. The Morgan fingerprint density at radius 1 is 1.17 bits per heavy atom. The quantitative estimate of drug-likeness (QED) is 0.293. The predicted octanol–water partition coefficient (Wildman–Crippen LogP) is 2.82. The van der Waals surface area contributed by atoms with Gasteiger partial charge in [0.15, 0.2) is 0 Å². The number of hydrogen-bond donors (Lipinski definition) is 2. The van der Waals surface area contributed by atoms with Crippen LogP contribution in [0.3, 0.4) is 0 Å². The van der Waals surface area contributed by atoms with Crippen molar-refractivity contribution in [1.82, 2.24) is 5.32 Å². The van der Waals surface area contributed by atoms with Crippen LogP contribution in [0, 0.1) is 11.8 Å². The fourth-order valence-corrected chi connectivity index (χ4v) is 2.33. The molecule has 0 aliphatic carbocycles. The first-order chi connectivity index (χ1) is 11.8. The lowest BCUT2D eigenvalue weighted by atomic mass is 10.1. The number of ether oxygens (including phenoxy) is 1. The van der Waals surface area contributed by atoms with Gasteiger partial charge in [-0.25, -0.2) is 0 Å². The molecule has 4 nitrogen and oxygen atoms in total. The Bertz CT molecular complexity index is 757. The number of nitrogens with one attached hydrogen (secondary N) is 1. The zero-order valence-electron chi connectivity index (χ0n) is 14.2. The summed E-state index contributed by atoms with van der Waals surface area (Å²) in [7, 11) is 3.44. The number of methoxy groups -OCH3 is 1. The second-order valence-electron chi connectivity index (χ2n) is 5.23. The van der Waals surface area contributed by atoms with Gasteiger partial charge in [-0.15, -0.1) is 0 Å². The van der Waals surface area contributed by atoms with Crippen LogP contribution in [-0.2, 0) is 11.3 Å². The van der Waals surface area contributed by atoms with Crippen LogP contribution in [0.2, 0.25) is 0 Å². The van der Waals surface area contributed by atoms with Crippen LogP contribution in [-0.4, -0.2) is 26.5 Å². The van der Waals surface area contributed by atoms with Crippen LogP contribution in [0.4, 0.5) is 5.69 Å². The Kier molecular flexibility index (Phi) is 6.88. The molecule has 2 aromatic rings. The molecule has 24 heavy (non-hydrogen) atoms. The van der Waals surface area contributed by atoms with Gasteiger partial charge in [-0.3, -0.25) is 4.99 Å². The first-order valence-electron chi connectivity index (χ1n) is 7.87. The first-order valence-corrected chi connectivity index (χ1v) is 7.87. The van der Waals surface area contributed by atoms with E-state index in [4.69, 9.17) is 10.5 Å². The maximum Gasteiger partial charge on any atom is 0.130 e. The highest BCUT2D eigenvalue weighted by molar-refractivity contribution is 6.02. The molecular formula is C20H23N3O. The molecule has 0 heterocycles. The monoisotopic (exact) mass is 321 g/mol. The SMILES string of the molecule is CN=C(NCCC#Cc1ccccc1COC)c1ccccc1N. The van der Waals surface area contributed by atoms with Crippen molar-refractivity contribution in [2.45, 2.75) is 13.0 Å². The molecular weight excluding hydrogens is 298 g/mol. The lowest BCUT2D eigenvalue weighted by Crippen LogP contribution is -2.26. The molecule has 0 unspecified atom stereocenters. The molecule has 0 aliphatic heterocycles. The standard InChI is InChI=1S/C20H23N3O/c1-22-20(18-12-5-6-13-19(18)21)23-14-8-7-10-16-9-3-4-11-17(16)15-24-2/h3-6,9,11-13H,8,14-15,21H2,1-2H3,(H,22,23). The van der Waals surface area contributed by atoms with E-state index in [0.717, 1.165) is 22.5 Å². The van der Waals surface area contributed by atoms with Crippen LogP contribution in [0.1, 0.15) is 23.1 Å². The van der Waals surface area contributed by atoms with Crippen LogP contribution in [0.5, 0.6) is 0 Å². The van der Waals surface area contributed by atoms with E-state index in [1.807, 2.05) is 48.5 Å². The summed E-state index contributed by atoms with van der Waals surface area (Å²) in [4.78, 5) is 4.27. The molecule has 2 rings (SSSR count). The average molecular weight is 321 g/mol. The molecule has 124 valence electrons. The number of hydrogen-bond acceptors (Lipinski definition) is 3. The second-order valence-corrected chi connectivity index (χ2v) is 5.23. The van der Waals surface area contributed by atoms with Crippen LogP contribution in [0.15, 0.2) is 53.5 Å². The number of para-hydroxylation sites is 1. The zero-order valence-corrected chi connectivity index (χ0v) is 14.2. The minimum Gasteiger partial charge on any atom is -0.398 e. The van der Waals surface area contributed by atoms with E-state index >= 15 is 0 Å². The summed E-state index contributed by atoms with van der Waals surface area (Å²) in [6, 6.07) is 15.7. The number of aliphatic imine (C=N–C) groups is 1. The topological polar surface area (TPSA) is 59.6 Å². The third-order valence-electron chi connectivity index (χ3n) is 3.52. The van der Waals surface area contributed by atoms with Gasteiger partial charge in [0, 0.05) is 43.9 Å². The van der Waals surface area contributed by atoms with Gasteiger partial charge in [0.25, 0.3) is 0 Å². The van der Waals surface area contributed by atoms with Gasteiger partial charge in [-0.05, 0) is 23.8 Å². The van der Waals surface area contributed by atoms with E-state index in [2.05, 4.69) is 22.2 Å². The second kappa shape index (κ2) is 9.39. The summed E-state index contributed by atoms with van der Waals surface area (Å²) >= 11 is 0. The van der Waals surface area contributed by atoms with Gasteiger partial charge in [0.1, 0.15) is 5.84 Å². The lowest BCUT2D eigenvalue weighted by molar-refractivity contribution is 0.184. The molecule has 0 aliphatic rings. The summed E-state index contributed by atoms with van der Waals surface area (Å²) in [6.45, 7) is 1.28. The molecule has 0 atom stereocenters. The molecule has 0 radical (unpaired) electrons. The number of benzene rings is 2. The molecule has 0 amide bonds. The fourth-order valence-electron chi connectivity index (χ4n) is 2.33. The van der Waals surface area contributed by atoms with Crippen molar-refractivity contribution in [3.8, 4) is 11.8 Å². The zero-order chi connectivity index (χ0) is 17.2.